The van der Waals surface area contributed by atoms with Crippen LogP contribution in [0.15, 0.2) is 17.0 Å². The minimum Gasteiger partial charge on any atom is -0.394 e. The van der Waals surface area contributed by atoms with Gasteiger partial charge in [-0.15, -0.1) is 0 Å². The summed E-state index contributed by atoms with van der Waals surface area (Å²) in [5.74, 6) is 0. The lowest BCUT2D eigenvalue weighted by atomic mass is 9.93. The van der Waals surface area contributed by atoms with E-state index in [1.54, 1.807) is 0 Å². The second kappa shape index (κ2) is 6.58. The third kappa shape index (κ3) is 3.82. The van der Waals surface area contributed by atoms with Gasteiger partial charge >= 0.3 is 0 Å². The third-order valence-electron chi connectivity index (χ3n) is 3.34. The monoisotopic (exact) mass is 373 g/mol. The van der Waals surface area contributed by atoms with Crippen LogP contribution in [0.2, 0.25) is 15.1 Å². The summed E-state index contributed by atoms with van der Waals surface area (Å²) in [6, 6.07) is 2.61. The van der Waals surface area contributed by atoms with E-state index < -0.39 is 15.6 Å². The summed E-state index contributed by atoms with van der Waals surface area (Å²) in [6.45, 7) is 0.398. The molecule has 21 heavy (non-hydrogen) atoms. The number of rotatable bonds is 4. The fourth-order valence-corrected chi connectivity index (χ4v) is 5.17. The van der Waals surface area contributed by atoms with Gasteiger partial charge in [0.05, 0.1) is 22.2 Å². The zero-order valence-corrected chi connectivity index (χ0v) is 14.0. The molecular weight excluding hydrogens is 361 g/mol. The smallest absolute Gasteiger partial charge is 0.244 e. The maximum Gasteiger partial charge on any atom is 0.244 e. The summed E-state index contributed by atoms with van der Waals surface area (Å²) in [7, 11) is -4.00. The standard InChI is InChI=1S/C12H14Cl3NO4S/c13-8-5-9(14)11(10(15)6-8)21(18,19)16-12(7-17)1-3-20-4-2-12/h5-6,16-17H,1-4,7H2. The van der Waals surface area contributed by atoms with Gasteiger partial charge in [0.1, 0.15) is 4.90 Å². The second-order valence-corrected chi connectivity index (χ2v) is 7.72. The quantitative estimate of drug-likeness (QED) is 0.849. The summed E-state index contributed by atoms with van der Waals surface area (Å²) in [6.07, 6.45) is 0.733. The number of ether oxygens (including phenoxy) is 1. The van der Waals surface area contributed by atoms with Gasteiger partial charge in [0.25, 0.3) is 0 Å². The van der Waals surface area contributed by atoms with Crippen molar-refractivity contribution < 1.29 is 18.3 Å². The van der Waals surface area contributed by atoms with Crippen LogP contribution in [0, 0.1) is 0 Å². The Kier molecular flexibility index (Phi) is 5.41. The van der Waals surface area contributed by atoms with Crippen LogP contribution < -0.4 is 4.72 Å². The zero-order valence-electron chi connectivity index (χ0n) is 10.9. The Morgan fingerprint density at radius 2 is 1.71 bits per heavy atom. The normalized spacial score (nSPS) is 18.7. The number of hydrogen-bond donors (Lipinski definition) is 2. The Hall–Kier alpha value is -0.0800. The highest BCUT2D eigenvalue weighted by Gasteiger charge is 2.38. The Bertz CT molecular complexity index is 606. The lowest BCUT2D eigenvalue weighted by Gasteiger charge is -2.36. The van der Waals surface area contributed by atoms with Gasteiger partial charge in [0.15, 0.2) is 0 Å². The Morgan fingerprint density at radius 1 is 1.19 bits per heavy atom. The molecule has 0 aliphatic carbocycles. The van der Waals surface area contributed by atoms with Gasteiger partial charge in [-0.25, -0.2) is 13.1 Å². The van der Waals surface area contributed by atoms with E-state index in [0.717, 1.165) is 0 Å². The number of hydrogen-bond acceptors (Lipinski definition) is 4. The van der Waals surface area contributed by atoms with Crippen LogP contribution >= 0.6 is 34.8 Å². The molecule has 0 aromatic heterocycles. The molecule has 0 bridgehead atoms. The summed E-state index contributed by atoms with van der Waals surface area (Å²) in [4.78, 5) is -0.241. The van der Waals surface area contributed by atoms with Gasteiger partial charge in [-0.2, -0.15) is 0 Å². The van der Waals surface area contributed by atoms with Gasteiger partial charge in [0, 0.05) is 18.2 Å². The molecule has 0 radical (unpaired) electrons. The highest BCUT2D eigenvalue weighted by molar-refractivity contribution is 7.89. The molecule has 1 heterocycles. The molecule has 0 unspecified atom stereocenters. The highest BCUT2D eigenvalue weighted by Crippen LogP contribution is 2.34. The van der Waals surface area contributed by atoms with E-state index >= 15 is 0 Å². The van der Waals surface area contributed by atoms with Crippen molar-refractivity contribution in [1.29, 1.82) is 0 Å². The molecule has 0 atom stereocenters. The number of aliphatic hydroxyl groups is 1. The summed E-state index contributed by atoms with van der Waals surface area (Å²) >= 11 is 17.7. The summed E-state index contributed by atoms with van der Waals surface area (Å²) in [5.41, 5.74) is -0.969. The van der Waals surface area contributed by atoms with Crippen LogP contribution in [-0.2, 0) is 14.8 Å². The van der Waals surface area contributed by atoms with Crippen LogP contribution in [0.5, 0.6) is 0 Å². The van der Waals surface area contributed by atoms with E-state index in [1.165, 1.54) is 12.1 Å². The molecule has 1 saturated heterocycles. The first-order valence-electron chi connectivity index (χ1n) is 6.17. The predicted molar refractivity (Wildman–Crippen MR) is 81.7 cm³/mol. The maximum atomic E-state index is 12.5. The van der Waals surface area contributed by atoms with Crippen molar-refractivity contribution in [2.45, 2.75) is 23.3 Å². The number of nitrogens with one attached hydrogen (secondary N) is 1. The van der Waals surface area contributed by atoms with Crippen molar-refractivity contribution >= 4 is 44.8 Å². The molecule has 9 heteroatoms. The molecule has 2 N–H and O–H groups in total. The van der Waals surface area contributed by atoms with Gasteiger partial charge in [-0.3, -0.25) is 0 Å². The van der Waals surface area contributed by atoms with E-state index in [2.05, 4.69) is 4.72 Å². The maximum absolute atomic E-state index is 12.5. The lowest BCUT2D eigenvalue weighted by molar-refractivity contribution is 0.0223. The number of aliphatic hydroxyl groups excluding tert-OH is 1. The van der Waals surface area contributed by atoms with Crippen LogP contribution in [0.25, 0.3) is 0 Å². The minimum atomic E-state index is -4.00. The summed E-state index contributed by atoms with van der Waals surface area (Å²) in [5, 5.41) is 9.67. The number of sulfonamides is 1. The molecule has 1 aromatic carbocycles. The molecule has 1 aliphatic heterocycles. The Labute approximate surface area is 138 Å². The second-order valence-electron chi connectivity index (χ2n) is 4.85. The Morgan fingerprint density at radius 3 is 2.19 bits per heavy atom. The largest absolute Gasteiger partial charge is 0.394 e. The molecular formula is C12H14Cl3NO4S. The van der Waals surface area contributed by atoms with Crippen LogP contribution in [0.1, 0.15) is 12.8 Å². The zero-order chi connectivity index (χ0) is 15.7. The van der Waals surface area contributed by atoms with Gasteiger partial charge < -0.3 is 9.84 Å². The van der Waals surface area contributed by atoms with Crippen molar-refractivity contribution in [3.8, 4) is 0 Å². The first-order valence-corrected chi connectivity index (χ1v) is 8.78. The highest BCUT2D eigenvalue weighted by atomic mass is 35.5. The van der Waals surface area contributed by atoms with Gasteiger partial charge in [-0.1, -0.05) is 34.8 Å². The van der Waals surface area contributed by atoms with Crippen molar-refractivity contribution in [2.24, 2.45) is 0 Å². The fourth-order valence-electron chi connectivity index (χ4n) is 2.18. The molecule has 5 nitrogen and oxygen atoms in total. The molecule has 0 amide bonds. The summed E-state index contributed by atoms with van der Waals surface area (Å²) < 4.78 is 32.8. The lowest BCUT2D eigenvalue weighted by Crippen LogP contribution is -2.54. The molecule has 1 aromatic rings. The average molecular weight is 375 g/mol. The number of benzene rings is 1. The van der Waals surface area contributed by atoms with E-state index in [-0.39, 0.29) is 26.6 Å². The van der Waals surface area contributed by atoms with E-state index in [9.17, 15) is 13.5 Å². The van der Waals surface area contributed by atoms with Crippen LogP contribution in [-0.4, -0.2) is 38.9 Å². The third-order valence-corrected chi connectivity index (χ3v) is 6.05. The van der Waals surface area contributed by atoms with Gasteiger partial charge in [-0.05, 0) is 25.0 Å². The van der Waals surface area contributed by atoms with Crippen LogP contribution in [0.3, 0.4) is 0 Å². The molecule has 1 fully saturated rings. The molecule has 2 rings (SSSR count). The Balaban J connectivity index is 2.38. The van der Waals surface area contributed by atoms with E-state index in [1.807, 2.05) is 0 Å². The van der Waals surface area contributed by atoms with Gasteiger partial charge in [0.2, 0.25) is 10.0 Å². The van der Waals surface area contributed by atoms with E-state index in [4.69, 9.17) is 39.5 Å². The first kappa shape index (κ1) is 17.3. The van der Waals surface area contributed by atoms with Crippen molar-refractivity contribution in [2.75, 3.05) is 19.8 Å². The van der Waals surface area contributed by atoms with Crippen molar-refractivity contribution in [1.82, 2.24) is 4.72 Å². The molecule has 0 spiro atoms. The molecule has 1 aliphatic rings. The minimum absolute atomic E-state index is 0.0693. The van der Waals surface area contributed by atoms with Crippen LogP contribution in [0.4, 0.5) is 0 Å². The fraction of sp³-hybridized carbons (Fsp3) is 0.500. The van der Waals surface area contributed by atoms with E-state index in [0.29, 0.717) is 26.1 Å². The first-order chi connectivity index (χ1) is 9.80. The SMILES string of the molecule is O=S(=O)(NC1(CO)CCOCC1)c1c(Cl)cc(Cl)cc1Cl. The molecule has 118 valence electrons. The topological polar surface area (TPSA) is 75.6 Å². The van der Waals surface area contributed by atoms with Crippen molar-refractivity contribution in [3.63, 3.8) is 0 Å². The average Bonchev–Trinajstić information content (AvgIpc) is 2.37. The predicted octanol–water partition coefficient (Wildman–Crippen LogP) is 2.47. The molecule has 0 saturated carbocycles. The number of halogens is 3. The van der Waals surface area contributed by atoms with Crippen molar-refractivity contribution in [3.05, 3.63) is 27.2 Å².